The Balaban J connectivity index is 1.85. The largest absolute Gasteiger partial charge is 0.497 e. The molecule has 0 spiro atoms. The zero-order valence-electron chi connectivity index (χ0n) is 13.1. The van der Waals surface area contributed by atoms with E-state index in [1.54, 1.807) is 12.7 Å². The molecular weight excluding hydrogens is 246 g/mol. The van der Waals surface area contributed by atoms with E-state index >= 15 is 0 Å². The summed E-state index contributed by atoms with van der Waals surface area (Å²) in [5, 5.41) is 3.68. The zero-order valence-corrected chi connectivity index (χ0v) is 13.1. The normalized spacial score (nSPS) is 24.1. The van der Waals surface area contributed by atoms with Gasteiger partial charge in [0.1, 0.15) is 5.75 Å². The molecule has 0 amide bonds. The third-order valence-corrected chi connectivity index (χ3v) is 4.21. The number of benzene rings is 1. The molecular formula is C18H27NO. The van der Waals surface area contributed by atoms with E-state index in [-0.39, 0.29) is 0 Å². The zero-order chi connectivity index (χ0) is 14.5. The summed E-state index contributed by atoms with van der Waals surface area (Å²) >= 11 is 0. The fourth-order valence-corrected chi connectivity index (χ4v) is 3.20. The molecule has 1 N–H and O–H groups in total. The standard InChI is InChI=1S/C18H27NO/c1-13-9-14(2)11-16(10-13)12-19-15(3)17-5-7-18(20-4)8-6-17/h5-9,13,15-16,19H,10-12H2,1-4H3/t13?,15-,16?/m1/s1. The second kappa shape index (κ2) is 6.94. The lowest BCUT2D eigenvalue weighted by Crippen LogP contribution is -2.28. The van der Waals surface area contributed by atoms with Crippen molar-refractivity contribution in [2.75, 3.05) is 13.7 Å². The summed E-state index contributed by atoms with van der Waals surface area (Å²) in [5.74, 6) is 2.42. The number of nitrogens with one attached hydrogen (secondary N) is 1. The lowest BCUT2D eigenvalue weighted by atomic mass is 9.83. The van der Waals surface area contributed by atoms with Gasteiger partial charge in [0.25, 0.3) is 0 Å². The fourth-order valence-electron chi connectivity index (χ4n) is 3.20. The Kier molecular flexibility index (Phi) is 5.24. The van der Waals surface area contributed by atoms with E-state index in [0.29, 0.717) is 6.04 Å². The Bertz CT molecular complexity index is 449. The molecule has 2 unspecified atom stereocenters. The summed E-state index contributed by atoms with van der Waals surface area (Å²) in [6.45, 7) is 7.91. The molecule has 2 rings (SSSR count). The molecule has 0 radical (unpaired) electrons. The van der Waals surface area contributed by atoms with Gasteiger partial charge in [0.05, 0.1) is 7.11 Å². The highest BCUT2D eigenvalue weighted by atomic mass is 16.5. The van der Waals surface area contributed by atoms with E-state index in [9.17, 15) is 0 Å². The van der Waals surface area contributed by atoms with Gasteiger partial charge in [0.15, 0.2) is 0 Å². The minimum Gasteiger partial charge on any atom is -0.497 e. The number of hydrogen-bond donors (Lipinski definition) is 1. The Morgan fingerprint density at radius 3 is 2.60 bits per heavy atom. The lowest BCUT2D eigenvalue weighted by molar-refractivity contribution is 0.366. The van der Waals surface area contributed by atoms with Gasteiger partial charge in [-0.05, 0) is 62.8 Å². The van der Waals surface area contributed by atoms with Crippen molar-refractivity contribution in [2.45, 2.75) is 39.7 Å². The molecule has 110 valence electrons. The van der Waals surface area contributed by atoms with E-state index in [0.717, 1.165) is 24.1 Å². The highest BCUT2D eigenvalue weighted by molar-refractivity contribution is 5.28. The summed E-state index contributed by atoms with van der Waals surface area (Å²) in [6.07, 6.45) is 4.97. The number of methoxy groups -OCH3 is 1. The molecule has 2 nitrogen and oxygen atoms in total. The summed E-state index contributed by atoms with van der Waals surface area (Å²) < 4.78 is 5.20. The molecule has 0 bridgehead atoms. The minimum atomic E-state index is 0.391. The number of hydrogen-bond acceptors (Lipinski definition) is 2. The van der Waals surface area contributed by atoms with Gasteiger partial charge < -0.3 is 10.1 Å². The van der Waals surface area contributed by atoms with Crippen LogP contribution in [0.15, 0.2) is 35.9 Å². The monoisotopic (exact) mass is 273 g/mol. The first-order valence-electron chi connectivity index (χ1n) is 7.63. The lowest BCUT2D eigenvalue weighted by Gasteiger charge is -2.27. The van der Waals surface area contributed by atoms with Gasteiger partial charge in [-0.1, -0.05) is 30.7 Å². The van der Waals surface area contributed by atoms with Crippen LogP contribution in [-0.2, 0) is 0 Å². The average molecular weight is 273 g/mol. The minimum absolute atomic E-state index is 0.391. The predicted octanol–water partition coefficient (Wildman–Crippen LogP) is 4.34. The van der Waals surface area contributed by atoms with E-state index < -0.39 is 0 Å². The van der Waals surface area contributed by atoms with Crippen molar-refractivity contribution in [2.24, 2.45) is 11.8 Å². The van der Waals surface area contributed by atoms with Gasteiger partial charge >= 0.3 is 0 Å². The number of rotatable bonds is 5. The first-order valence-corrected chi connectivity index (χ1v) is 7.63. The van der Waals surface area contributed by atoms with E-state index in [4.69, 9.17) is 4.74 Å². The van der Waals surface area contributed by atoms with Gasteiger partial charge in [-0.2, -0.15) is 0 Å². The van der Waals surface area contributed by atoms with Crippen LogP contribution in [0.1, 0.15) is 45.2 Å². The van der Waals surface area contributed by atoms with Crippen LogP contribution in [0, 0.1) is 11.8 Å². The first-order chi connectivity index (χ1) is 9.58. The van der Waals surface area contributed by atoms with Crippen molar-refractivity contribution in [3.63, 3.8) is 0 Å². The van der Waals surface area contributed by atoms with Gasteiger partial charge in [-0.3, -0.25) is 0 Å². The van der Waals surface area contributed by atoms with Crippen molar-refractivity contribution in [1.82, 2.24) is 5.32 Å². The third-order valence-electron chi connectivity index (χ3n) is 4.21. The molecule has 0 heterocycles. The van der Waals surface area contributed by atoms with Gasteiger partial charge in [0, 0.05) is 6.04 Å². The first kappa shape index (κ1) is 15.1. The SMILES string of the molecule is COc1ccc([C@@H](C)NCC2CC(C)=CC(C)C2)cc1. The quantitative estimate of drug-likeness (QED) is 0.806. The van der Waals surface area contributed by atoms with Crippen molar-refractivity contribution >= 4 is 0 Å². The van der Waals surface area contributed by atoms with Crippen LogP contribution < -0.4 is 10.1 Å². The van der Waals surface area contributed by atoms with Crippen molar-refractivity contribution in [3.8, 4) is 5.75 Å². The summed E-state index contributed by atoms with van der Waals surface area (Å²) in [4.78, 5) is 0. The van der Waals surface area contributed by atoms with Crippen molar-refractivity contribution in [1.29, 1.82) is 0 Å². The maximum atomic E-state index is 5.20. The van der Waals surface area contributed by atoms with Gasteiger partial charge in [-0.15, -0.1) is 0 Å². The second-order valence-corrected chi connectivity index (χ2v) is 6.20. The third kappa shape index (κ3) is 4.11. The van der Waals surface area contributed by atoms with Gasteiger partial charge in [0.2, 0.25) is 0 Å². The summed E-state index contributed by atoms with van der Waals surface area (Å²) in [7, 11) is 1.71. The molecule has 1 aromatic carbocycles. The Morgan fingerprint density at radius 2 is 2.00 bits per heavy atom. The van der Waals surface area contributed by atoms with Crippen molar-refractivity contribution < 1.29 is 4.74 Å². The smallest absolute Gasteiger partial charge is 0.118 e. The highest BCUT2D eigenvalue weighted by Crippen LogP contribution is 2.28. The summed E-state index contributed by atoms with van der Waals surface area (Å²) in [6, 6.07) is 8.74. The van der Waals surface area contributed by atoms with Crippen LogP contribution in [0.25, 0.3) is 0 Å². The molecule has 0 saturated heterocycles. The molecule has 20 heavy (non-hydrogen) atoms. The van der Waals surface area contributed by atoms with Crippen LogP contribution in [-0.4, -0.2) is 13.7 Å². The van der Waals surface area contributed by atoms with Crippen LogP contribution in [0.5, 0.6) is 5.75 Å². The molecule has 0 aromatic heterocycles. The molecule has 0 fully saturated rings. The highest BCUT2D eigenvalue weighted by Gasteiger charge is 2.18. The fraction of sp³-hybridized carbons (Fsp3) is 0.556. The van der Waals surface area contributed by atoms with Crippen LogP contribution in [0.4, 0.5) is 0 Å². The molecule has 2 heteroatoms. The number of allylic oxidation sites excluding steroid dienone is 2. The molecule has 1 aliphatic rings. The van der Waals surface area contributed by atoms with Crippen LogP contribution in [0.2, 0.25) is 0 Å². The maximum absolute atomic E-state index is 5.20. The number of ether oxygens (including phenoxy) is 1. The summed E-state index contributed by atoms with van der Waals surface area (Å²) in [5.41, 5.74) is 2.87. The second-order valence-electron chi connectivity index (χ2n) is 6.20. The Morgan fingerprint density at radius 1 is 1.30 bits per heavy atom. The molecule has 1 aliphatic carbocycles. The van der Waals surface area contributed by atoms with Crippen LogP contribution in [0.3, 0.4) is 0 Å². The molecule has 3 atom stereocenters. The Hall–Kier alpha value is -1.28. The maximum Gasteiger partial charge on any atom is 0.118 e. The molecule has 0 aliphatic heterocycles. The van der Waals surface area contributed by atoms with Gasteiger partial charge in [-0.25, -0.2) is 0 Å². The molecule has 1 aromatic rings. The van der Waals surface area contributed by atoms with E-state index in [2.05, 4.69) is 44.3 Å². The van der Waals surface area contributed by atoms with Crippen molar-refractivity contribution in [3.05, 3.63) is 41.5 Å². The Labute approximate surface area is 123 Å². The van der Waals surface area contributed by atoms with Crippen LogP contribution >= 0.6 is 0 Å². The predicted molar refractivity (Wildman–Crippen MR) is 85.1 cm³/mol. The topological polar surface area (TPSA) is 21.3 Å². The average Bonchev–Trinajstić information content (AvgIpc) is 2.44. The molecule has 0 saturated carbocycles. The van der Waals surface area contributed by atoms with E-state index in [1.807, 2.05) is 12.1 Å². The van der Waals surface area contributed by atoms with E-state index in [1.165, 1.54) is 18.4 Å².